The summed E-state index contributed by atoms with van der Waals surface area (Å²) in [4.78, 5) is 24.7. The number of aliphatic hydroxyl groups excluding tert-OH is 1. The number of rotatable bonds is 15. The molecule has 0 unspecified atom stereocenters. The lowest BCUT2D eigenvalue weighted by atomic mass is 9.95. The fraction of sp³-hybridized carbons (Fsp3) is 0.294. The van der Waals surface area contributed by atoms with Gasteiger partial charge in [-0.15, -0.1) is 0 Å². The predicted molar refractivity (Wildman–Crippen MR) is 177 cm³/mol. The first kappa shape index (κ1) is 35.4. The maximum Gasteiger partial charge on any atom is 0.337 e. The molecule has 1 heterocycles. The number of nitrogens with one attached hydrogen (secondary N) is 3. The summed E-state index contributed by atoms with van der Waals surface area (Å²) in [6.07, 6.45) is 0.245. The van der Waals surface area contributed by atoms with E-state index in [4.69, 9.17) is 35.3 Å². The van der Waals surface area contributed by atoms with E-state index in [0.29, 0.717) is 64.2 Å². The molecule has 0 aromatic heterocycles. The second-order valence-corrected chi connectivity index (χ2v) is 10.6. The smallest absolute Gasteiger partial charge is 0.337 e. The highest BCUT2D eigenvalue weighted by Gasteiger charge is 2.32. The van der Waals surface area contributed by atoms with Crippen LogP contribution in [0.3, 0.4) is 0 Å². The number of methoxy groups -OCH3 is 1. The summed E-state index contributed by atoms with van der Waals surface area (Å²) in [6, 6.07) is 16.3. The Morgan fingerprint density at radius 1 is 1.08 bits per heavy atom. The third-order valence-electron chi connectivity index (χ3n) is 6.95. The molecular weight excluding hydrogens is 642 g/mol. The van der Waals surface area contributed by atoms with Gasteiger partial charge in [0.25, 0.3) is 0 Å². The van der Waals surface area contributed by atoms with E-state index in [0.717, 1.165) is 0 Å². The Hall–Kier alpha value is -5.45. The topological polar surface area (TPSA) is 173 Å². The number of hydrazone groups is 1. The van der Waals surface area contributed by atoms with Gasteiger partial charge >= 0.3 is 12.0 Å². The quantitative estimate of drug-likeness (QED) is 0.0764. The van der Waals surface area contributed by atoms with Crippen LogP contribution >= 0.6 is 11.6 Å². The van der Waals surface area contributed by atoms with Crippen LogP contribution in [0.15, 0.2) is 71.0 Å². The van der Waals surface area contributed by atoms with Crippen molar-refractivity contribution in [2.75, 3.05) is 26.9 Å². The minimum atomic E-state index is -1.21. The number of urea groups is 1. The van der Waals surface area contributed by atoms with Gasteiger partial charge in [-0.05, 0) is 62.2 Å². The van der Waals surface area contributed by atoms with Gasteiger partial charge in [0.15, 0.2) is 29.2 Å². The average Bonchev–Trinajstić information content (AvgIpc) is 3.07. The average molecular weight is 678 g/mol. The molecule has 0 aliphatic carbocycles. The van der Waals surface area contributed by atoms with Crippen molar-refractivity contribution < 1.29 is 38.4 Å². The molecule has 4 rings (SSSR count). The SMILES string of the molecule is CCOc1cc([C@@H]2NC(=O)NC(C)=C2C(=O)OC)ccc1OC[C@@H](O)N/N=C\c1cc(Cl)c(OCc2ccccc2C#N)c(OCC)c1. The van der Waals surface area contributed by atoms with Gasteiger partial charge in [-0.2, -0.15) is 10.4 Å². The predicted octanol–water partition coefficient (Wildman–Crippen LogP) is 4.71. The Balaban J connectivity index is 1.41. The minimum absolute atomic E-state index is 0.123. The van der Waals surface area contributed by atoms with Gasteiger partial charge in [-0.3, -0.25) is 5.43 Å². The largest absolute Gasteiger partial charge is 0.490 e. The van der Waals surface area contributed by atoms with Gasteiger partial charge in [0.05, 0.1) is 54.8 Å². The zero-order valence-corrected chi connectivity index (χ0v) is 27.6. The number of carbonyl (C=O) groups is 2. The van der Waals surface area contributed by atoms with E-state index in [1.165, 1.54) is 13.3 Å². The second kappa shape index (κ2) is 16.9. The number of allylic oxidation sites excluding steroid dienone is 1. The van der Waals surface area contributed by atoms with Crippen LogP contribution in [0, 0.1) is 11.3 Å². The van der Waals surface area contributed by atoms with Crippen LogP contribution in [0.1, 0.15) is 49.1 Å². The van der Waals surface area contributed by atoms with Crippen LogP contribution < -0.4 is 35.0 Å². The lowest BCUT2D eigenvalue weighted by molar-refractivity contribution is -0.136. The van der Waals surface area contributed by atoms with E-state index in [1.807, 2.05) is 13.0 Å². The third kappa shape index (κ3) is 8.87. The highest BCUT2D eigenvalue weighted by Crippen LogP contribution is 2.37. The number of esters is 1. The van der Waals surface area contributed by atoms with Crippen molar-refractivity contribution in [1.82, 2.24) is 16.1 Å². The fourth-order valence-electron chi connectivity index (χ4n) is 4.79. The first-order valence-electron chi connectivity index (χ1n) is 15.0. The van der Waals surface area contributed by atoms with Crippen LogP contribution in [0.5, 0.6) is 23.0 Å². The zero-order chi connectivity index (χ0) is 34.6. The Labute approximate surface area is 283 Å². The van der Waals surface area contributed by atoms with Gasteiger partial charge in [-0.1, -0.05) is 35.9 Å². The van der Waals surface area contributed by atoms with Crippen LogP contribution in [0.25, 0.3) is 0 Å². The Morgan fingerprint density at radius 2 is 1.83 bits per heavy atom. The molecule has 2 atom stereocenters. The maximum atomic E-state index is 12.5. The van der Waals surface area contributed by atoms with Crippen molar-refractivity contribution in [3.63, 3.8) is 0 Å². The molecule has 13 nitrogen and oxygen atoms in total. The third-order valence-corrected chi connectivity index (χ3v) is 7.23. The number of amides is 2. The first-order valence-corrected chi connectivity index (χ1v) is 15.4. The minimum Gasteiger partial charge on any atom is -0.490 e. The molecule has 4 N–H and O–H groups in total. The Kier molecular flexibility index (Phi) is 12.5. The second-order valence-electron chi connectivity index (χ2n) is 10.2. The molecule has 3 aromatic carbocycles. The molecule has 48 heavy (non-hydrogen) atoms. The standard InChI is InChI=1S/C34H36ClN5O8/c1-5-45-27-15-22(31-30(33(42)44-4)20(3)38-34(43)39-31)11-12-26(27)47-19-29(41)40-37-17-21-13-25(35)32(28(14-21)46-6-2)48-18-24-10-8-7-9-23(24)16-36/h7-15,17,29,31,40-41H,5-6,18-19H2,1-4H3,(H2,38,39,43)/b37-17-/t29-,31+/m1/s1. The molecule has 3 aromatic rings. The van der Waals surface area contributed by atoms with Gasteiger partial charge < -0.3 is 39.4 Å². The number of ether oxygens (including phenoxy) is 5. The number of benzene rings is 3. The van der Waals surface area contributed by atoms with Gasteiger partial charge in [0, 0.05) is 11.3 Å². The zero-order valence-electron chi connectivity index (χ0n) is 26.8. The van der Waals surface area contributed by atoms with Crippen molar-refractivity contribution >= 4 is 29.8 Å². The van der Waals surface area contributed by atoms with E-state index in [2.05, 4.69) is 27.2 Å². The molecule has 1 aliphatic rings. The number of aliphatic hydroxyl groups is 1. The first-order chi connectivity index (χ1) is 23.2. The van der Waals surface area contributed by atoms with E-state index < -0.39 is 24.3 Å². The molecule has 0 radical (unpaired) electrons. The molecule has 0 bridgehead atoms. The molecule has 0 spiro atoms. The molecule has 14 heteroatoms. The molecule has 1 aliphatic heterocycles. The van der Waals surface area contributed by atoms with Crippen LogP contribution in [-0.4, -0.2) is 56.5 Å². The van der Waals surface area contributed by atoms with Crippen molar-refractivity contribution in [3.8, 4) is 29.1 Å². The molecule has 0 saturated heterocycles. The monoisotopic (exact) mass is 677 g/mol. The van der Waals surface area contributed by atoms with E-state index in [9.17, 15) is 20.0 Å². The van der Waals surface area contributed by atoms with E-state index in [-0.39, 0.29) is 23.8 Å². The lowest BCUT2D eigenvalue weighted by Gasteiger charge is -2.28. The summed E-state index contributed by atoms with van der Waals surface area (Å²) in [7, 11) is 1.27. The van der Waals surface area contributed by atoms with Gasteiger partial charge in [0.2, 0.25) is 0 Å². The summed E-state index contributed by atoms with van der Waals surface area (Å²) in [6.45, 7) is 5.84. The van der Waals surface area contributed by atoms with E-state index in [1.54, 1.807) is 62.4 Å². The summed E-state index contributed by atoms with van der Waals surface area (Å²) in [5.74, 6) is 0.807. The normalized spacial score (nSPS) is 14.8. The summed E-state index contributed by atoms with van der Waals surface area (Å²) < 4.78 is 28.2. The van der Waals surface area contributed by atoms with Gasteiger partial charge in [0.1, 0.15) is 13.2 Å². The van der Waals surface area contributed by atoms with Crippen molar-refractivity contribution in [1.29, 1.82) is 5.26 Å². The molecule has 2 amide bonds. The molecule has 0 saturated carbocycles. The maximum absolute atomic E-state index is 12.5. The van der Waals surface area contributed by atoms with Crippen LogP contribution in [0.2, 0.25) is 5.02 Å². The van der Waals surface area contributed by atoms with Crippen molar-refractivity contribution in [2.24, 2.45) is 5.10 Å². The number of nitrogens with zero attached hydrogens (tertiary/aromatic N) is 2. The van der Waals surface area contributed by atoms with Crippen molar-refractivity contribution in [2.45, 2.75) is 39.6 Å². The number of halogens is 1. The molecule has 252 valence electrons. The molecular formula is C34H36ClN5O8. The summed E-state index contributed by atoms with van der Waals surface area (Å²) >= 11 is 6.53. The van der Waals surface area contributed by atoms with Gasteiger partial charge in [-0.25, -0.2) is 9.59 Å². The number of hydrogen-bond acceptors (Lipinski definition) is 11. The highest BCUT2D eigenvalue weighted by molar-refractivity contribution is 6.32. The fourth-order valence-corrected chi connectivity index (χ4v) is 5.06. The molecule has 0 fully saturated rings. The summed E-state index contributed by atoms with van der Waals surface area (Å²) in [5.41, 5.74) is 5.58. The number of nitriles is 1. The van der Waals surface area contributed by atoms with Crippen molar-refractivity contribution in [3.05, 3.63) is 93.1 Å². The highest BCUT2D eigenvalue weighted by atomic mass is 35.5. The summed E-state index contributed by atoms with van der Waals surface area (Å²) in [5, 5.41) is 29.6. The van der Waals surface area contributed by atoms with E-state index >= 15 is 0 Å². The Bertz CT molecular complexity index is 1740. The van der Waals surface area contributed by atoms with Crippen LogP contribution in [0.4, 0.5) is 4.79 Å². The number of carbonyl (C=O) groups excluding carboxylic acids is 2. The Morgan fingerprint density at radius 3 is 2.56 bits per heavy atom. The number of hydrogen-bond donors (Lipinski definition) is 4. The lowest BCUT2D eigenvalue weighted by Crippen LogP contribution is -2.45. The van der Waals surface area contributed by atoms with Crippen LogP contribution in [-0.2, 0) is 16.1 Å².